The zero-order chi connectivity index (χ0) is 12.7. The number of aryl methyl sites for hydroxylation is 1. The Hall–Kier alpha value is -1.36. The molecule has 0 radical (unpaired) electrons. The molecule has 0 spiro atoms. The van der Waals surface area contributed by atoms with E-state index in [9.17, 15) is 0 Å². The van der Waals surface area contributed by atoms with Crippen LogP contribution in [-0.2, 0) is 0 Å². The fourth-order valence-corrected chi connectivity index (χ4v) is 1.87. The second kappa shape index (κ2) is 7.06. The molecule has 0 aliphatic carbocycles. The Morgan fingerprint density at radius 3 is 2.76 bits per heavy atom. The number of nitrogens with one attached hydrogen (secondary N) is 1. The fourth-order valence-electron chi connectivity index (χ4n) is 1.87. The van der Waals surface area contributed by atoms with Gasteiger partial charge in [-0.15, -0.1) is 0 Å². The van der Waals surface area contributed by atoms with Crippen LogP contribution in [0, 0.1) is 12.8 Å². The number of nitrogen functional groups attached to an aromatic ring is 1. The van der Waals surface area contributed by atoms with Gasteiger partial charge in [0.2, 0.25) is 5.95 Å². The molecule has 0 amide bonds. The van der Waals surface area contributed by atoms with Gasteiger partial charge in [-0.2, -0.15) is 4.98 Å². The van der Waals surface area contributed by atoms with Crippen LogP contribution < -0.4 is 11.1 Å². The minimum Gasteiger partial charge on any atom is -0.396 e. The third-order valence-corrected chi connectivity index (χ3v) is 2.68. The average Bonchev–Trinajstić information content (AvgIpc) is 2.25. The maximum atomic E-state index is 8.98. The largest absolute Gasteiger partial charge is 0.396 e. The maximum Gasteiger partial charge on any atom is 0.222 e. The predicted octanol–water partition coefficient (Wildman–Crippen LogP) is 1.58. The highest BCUT2D eigenvalue weighted by Gasteiger charge is 2.07. The molecule has 0 aromatic carbocycles. The van der Waals surface area contributed by atoms with E-state index in [-0.39, 0.29) is 6.61 Å². The van der Waals surface area contributed by atoms with Gasteiger partial charge in [0.1, 0.15) is 5.82 Å². The first kappa shape index (κ1) is 13.7. The molecule has 17 heavy (non-hydrogen) atoms. The molecule has 1 aromatic heterocycles. The second-order valence-corrected chi connectivity index (χ2v) is 4.30. The van der Waals surface area contributed by atoms with Crippen LogP contribution in [0.25, 0.3) is 0 Å². The molecular weight excluding hydrogens is 216 g/mol. The lowest BCUT2D eigenvalue weighted by molar-refractivity contribution is 0.255. The Morgan fingerprint density at radius 2 is 2.18 bits per heavy atom. The van der Waals surface area contributed by atoms with Gasteiger partial charge in [-0.25, -0.2) is 4.98 Å². The van der Waals surface area contributed by atoms with E-state index in [0.717, 1.165) is 37.3 Å². The standard InChI is InChI=1S/C12H22N4O/c1-3-4-10(5-6-17)8-14-11-7-9(2)15-12(13)16-11/h7,10,17H,3-6,8H2,1-2H3,(H3,13,14,15,16). The number of aliphatic hydroxyl groups excluding tert-OH is 1. The van der Waals surface area contributed by atoms with Gasteiger partial charge in [0.05, 0.1) is 0 Å². The first-order chi connectivity index (χ1) is 8.15. The number of anilines is 2. The van der Waals surface area contributed by atoms with Gasteiger partial charge in [-0.05, 0) is 25.7 Å². The van der Waals surface area contributed by atoms with E-state index < -0.39 is 0 Å². The average molecular weight is 238 g/mol. The van der Waals surface area contributed by atoms with Gasteiger partial charge in [-0.3, -0.25) is 0 Å². The van der Waals surface area contributed by atoms with Crippen LogP contribution in [0.1, 0.15) is 31.9 Å². The third kappa shape index (κ3) is 4.99. The number of nitrogens with two attached hydrogens (primary N) is 1. The Balaban J connectivity index is 2.52. The monoisotopic (exact) mass is 238 g/mol. The third-order valence-electron chi connectivity index (χ3n) is 2.68. The van der Waals surface area contributed by atoms with E-state index in [0.29, 0.717) is 11.9 Å². The smallest absolute Gasteiger partial charge is 0.222 e. The van der Waals surface area contributed by atoms with E-state index in [1.54, 1.807) is 0 Å². The van der Waals surface area contributed by atoms with Gasteiger partial charge < -0.3 is 16.2 Å². The number of aliphatic hydroxyl groups is 1. The first-order valence-electron chi connectivity index (χ1n) is 6.11. The molecule has 0 saturated carbocycles. The molecule has 1 atom stereocenters. The van der Waals surface area contributed by atoms with E-state index in [4.69, 9.17) is 10.8 Å². The van der Waals surface area contributed by atoms with E-state index in [2.05, 4.69) is 22.2 Å². The normalized spacial score (nSPS) is 12.4. The minimum absolute atomic E-state index is 0.233. The molecular formula is C12H22N4O. The van der Waals surface area contributed by atoms with Gasteiger partial charge >= 0.3 is 0 Å². The SMILES string of the molecule is CCCC(CCO)CNc1cc(C)nc(N)n1. The van der Waals surface area contributed by atoms with Gasteiger partial charge in [-0.1, -0.05) is 13.3 Å². The van der Waals surface area contributed by atoms with Crippen LogP contribution >= 0.6 is 0 Å². The summed E-state index contributed by atoms with van der Waals surface area (Å²) in [6, 6.07) is 1.87. The van der Waals surface area contributed by atoms with Crippen molar-refractivity contribution in [1.29, 1.82) is 0 Å². The lowest BCUT2D eigenvalue weighted by atomic mass is 10.0. The Morgan fingerprint density at radius 1 is 1.41 bits per heavy atom. The molecule has 96 valence electrons. The number of aromatic nitrogens is 2. The van der Waals surface area contributed by atoms with Crippen molar-refractivity contribution in [3.63, 3.8) is 0 Å². The summed E-state index contributed by atoms with van der Waals surface area (Å²) in [6.45, 7) is 5.08. The quantitative estimate of drug-likeness (QED) is 0.671. The molecule has 5 heteroatoms. The summed E-state index contributed by atoms with van der Waals surface area (Å²) in [5.74, 6) is 1.53. The summed E-state index contributed by atoms with van der Waals surface area (Å²) in [4.78, 5) is 8.14. The van der Waals surface area contributed by atoms with E-state index >= 15 is 0 Å². The van der Waals surface area contributed by atoms with Crippen molar-refractivity contribution in [3.05, 3.63) is 11.8 Å². The topological polar surface area (TPSA) is 84.1 Å². The zero-order valence-electron chi connectivity index (χ0n) is 10.6. The number of hydrogen-bond acceptors (Lipinski definition) is 5. The van der Waals surface area contributed by atoms with Gasteiger partial charge in [0.15, 0.2) is 0 Å². The predicted molar refractivity (Wildman–Crippen MR) is 69.8 cm³/mol. The van der Waals surface area contributed by atoms with E-state index in [1.165, 1.54) is 0 Å². The Kier molecular flexibility index (Phi) is 5.69. The van der Waals surface area contributed by atoms with Crippen LogP contribution in [0.2, 0.25) is 0 Å². The Bertz CT molecular complexity index is 317. The van der Waals surface area contributed by atoms with Crippen molar-refractivity contribution >= 4 is 11.8 Å². The summed E-state index contributed by atoms with van der Waals surface area (Å²) in [7, 11) is 0. The van der Waals surface area contributed by atoms with Crippen molar-refractivity contribution in [3.8, 4) is 0 Å². The number of nitrogens with zero attached hydrogens (tertiary/aromatic N) is 2. The van der Waals surface area contributed by atoms with Crippen molar-refractivity contribution in [2.75, 3.05) is 24.2 Å². The van der Waals surface area contributed by atoms with Crippen molar-refractivity contribution < 1.29 is 5.11 Å². The van der Waals surface area contributed by atoms with Crippen LogP contribution in [0.3, 0.4) is 0 Å². The van der Waals surface area contributed by atoms with Gasteiger partial charge in [0.25, 0.3) is 0 Å². The second-order valence-electron chi connectivity index (χ2n) is 4.30. The molecule has 0 saturated heterocycles. The van der Waals surface area contributed by atoms with Crippen LogP contribution in [0.15, 0.2) is 6.07 Å². The molecule has 1 unspecified atom stereocenters. The minimum atomic E-state index is 0.233. The summed E-state index contributed by atoms with van der Waals surface area (Å²) in [6.07, 6.45) is 3.05. The van der Waals surface area contributed by atoms with Crippen LogP contribution in [0.4, 0.5) is 11.8 Å². The molecule has 0 bridgehead atoms. The van der Waals surface area contributed by atoms with Crippen molar-refractivity contribution in [1.82, 2.24) is 9.97 Å². The van der Waals surface area contributed by atoms with Crippen LogP contribution in [0.5, 0.6) is 0 Å². The summed E-state index contributed by atoms with van der Waals surface area (Å²) in [5.41, 5.74) is 6.44. The molecule has 0 aliphatic rings. The maximum absolute atomic E-state index is 8.98. The highest BCUT2D eigenvalue weighted by molar-refractivity contribution is 5.40. The summed E-state index contributed by atoms with van der Waals surface area (Å²) >= 11 is 0. The molecule has 1 rings (SSSR count). The van der Waals surface area contributed by atoms with Crippen LogP contribution in [-0.4, -0.2) is 28.2 Å². The summed E-state index contributed by atoms with van der Waals surface area (Å²) < 4.78 is 0. The molecule has 1 aromatic rings. The molecule has 5 nitrogen and oxygen atoms in total. The van der Waals surface area contributed by atoms with E-state index in [1.807, 2.05) is 13.0 Å². The van der Waals surface area contributed by atoms with Gasteiger partial charge in [0, 0.05) is 24.9 Å². The number of rotatable bonds is 7. The highest BCUT2D eigenvalue weighted by Crippen LogP contribution is 2.13. The van der Waals surface area contributed by atoms with Crippen molar-refractivity contribution in [2.24, 2.45) is 5.92 Å². The molecule has 1 heterocycles. The highest BCUT2D eigenvalue weighted by atomic mass is 16.3. The summed E-state index contributed by atoms with van der Waals surface area (Å²) in [5, 5.41) is 12.2. The molecule has 0 aliphatic heterocycles. The lowest BCUT2D eigenvalue weighted by Crippen LogP contribution is -2.17. The molecule has 4 N–H and O–H groups in total. The first-order valence-corrected chi connectivity index (χ1v) is 6.11. The lowest BCUT2D eigenvalue weighted by Gasteiger charge is -2.16. The van der Waals surface area contributed by atoms with Crippen molar-refractivity contribution in [2.45, 2.75) is 33.1 Å². The zero-order valence-corrected chi connectivity index (χ0v) is 10.6. The molecule has 0 fully saturated rings. The fraction of sp³-hybridized carbons (Fsp3) is 0.667. The Labute approximate surface area is 102 Å². The number of hydrogen-bond donors (Lipinski definition) is 3.